The summed E-state index contributed by atoms with van der Waals surface area (Å²) in [7, 11) is 0. The average molecular weight is 258 g/mol. The zero-order chi connectivity index (χ0) is 13.3. The Morgan fingerprint density at radius 2 is 1.95 bits per heavy atom. The number of hydrogen-bond donors (Lipinski definition) is 1. The summed E-state index contributed by atoms with van der Waals surface area (Å²) in [6.07, 6.45) is 3.99. The number of piperidine rings is 1. The molecule has 3 rings (SSSR count). The van der Waals surface area contributed by atoms with Crippen molar-refractivity contribution in [2.75, 3.05) is 24.5 Å². The van der Waals surface area contributed by atoms with Gasteiger partial charge in [0.15, 0.2) is 0 Å². The van der Waals surface area contributed by atoms with Crippen LogP contribution in [0.3, 0.4) is 0 Å². The maximum Gasteiger partial charge on any atom is 0.233 e. The lowest BCUT2D eigenvalue weighted by molar-refractivity contribution is -0.126. The van der Waals surface area contributed by atoms with E-state index in [1.165, 1.54) is 5.56 Å². The molecule has 2 heterocycles. The van der Waals surface area contributed by atoms with E-state index in [4.69, 9.17) is 0 Å². The first-order chi connectivity index (χ1) is 9.27. The highest BCUT2D eigenvalue weighted by atomic mass is 16.2. The predicted octanol–water partition coefficient (Wildman–Crippen LogP) is 2.36. The third-order valence-electron chi connectivity index (χ3n) is 4.74. The van der Waals surface area contributed by atoms with Crippen LogP contribution in [0, 0.1) is 5.41 Å². The molecule has 0 aromatic heterocycles. The first-order valence-electron chi connectivity index (χ1n) is 7.37. The normalized spacial score (nSPS) is 22.2. The molecule has 3 heteroatoms. The topological polar surface area (TPSA) is 32.3 Å². The smallest absolute Gasteiger partial charge is 0.233 e. The molecule has 19 heavy (non-hydrogen) atoms. The van der Waals surface area contributed by atoms with Crippen LogP contribution in [0.2, 0.25) is 0 Å². The van der Waals surface area contributed by atoms with Crippen molar-refractivity contribution >= 4 is 11.6 Å². The van der Waals surface area contributed by atoms with Crippen LogP contribution in [-0.2, 0) is 11.2 Å². The largest absolute Gasteiger partial charge is 0.317 e. The average Bonchev–Trinajstić information content (AvgIpc) is 2.77. The van der Waals surface area contributed by atoms with Gasteiger partial charge in [-0.25, -0.2) is 0 Å². The molecule has 3 nitrogen and oxygen atoms in total. The lowest BCUT2D eigenvalue weighted by Gasteiger charge is -2.32. The van der Waals surface area contributed by atoms with Gasteiger partial charge in [0.2, 0.25) is 5.91 Å². The van der Waals surface area contributed by atoms with Gasteiger partial charge in [-0.15, -0.1) is 0 Å². The molecule has 1 aromatic rings. The second kappa shape index (κ2) is 4.97. The SMILES string of the molecule is CCc1ccccc1N1CCC2(CCNCC2)C1=O. The van der Waals surface area contributed by atoms with E-state index < -0.39 is 0 Å². The molecule has 0 atom stereocenters. The molecule has 0 bridgehead atoms. The number of carbonyl (C=O) groups is 1. The molecular formula is C16H22N2O. The number of hydrogen-bond acceptors (Lipinski definition) is 2. The van der Waals surface area contributed by atoms with Crippen LogP contribution < -0.4 is 10.2 Å². The molecule has 2 aliphatic rings. The van der Waals surface area contributed by atoms with Crippen molar-refractivity contribution in [1.82, 2.24) is 5.32 Å². The van der Waals surface area contributed by atoms with Gasteiger partial charge in [0, 0.05) is 12.2 Å². The molecule has 0 aliphatic carbocycles. The van der Waals surface area contributed by atoms with Gasteiger partial charge in [0.1, 0.15) is 0 Å². The molecule has 102 valence electrons. The summed E-state index contributed by atoms with van der Waals surface area (Å²) >= 11 is 0. The van der Waals surface area contributed by atoms with Gasteiger partial charge in [-0.05, 0) is 50.4 Å². The predicted molar refractivity (Wildman–Crippen MR) is 77.3 cm³/mol. The quantitative estimate of drug-likeness (QED) is 0.883. The van der Waals surface area contributed by atoms with E-state index in [2.05, 4.69) is 30.4 Å². The van der Waals surface area contributed by atoms with Gasteiger partial charge in [0.05, 0.1) is 5.41 Å². The monoisotopic (exact) mass is 258 g/mol. The van der Waals surface area contributed by atoms with Crippen LogP contribution in [0.1, 0.15) is 31.7 Å². The van der Waals surface area contributed by atoms with Gasteiger partial charge in [0.25, 0.3) is 0 Å². The Morgan fingerprint density at radius 3 is 2.68 bits per heavy atom. The summed E-state index contributed by atoms with van der Waals surface area (Å²) < 4.78 is 0. The van der Waals surface area contributed by atoms with Gasteiger partial charge in [-0.3, -0.25) is 4.79 Å². The third-order valence-corrected chi connectivity index (χ3v) is 4.74. The Balaban J connectivity index is 1.89. The fourth-order valence-corrected chi connectivity index (χ4v) is 3.49. The Bertz CT molecular complexity index is 477. The van der Waals surface area contributed by atoms with E-state index in [1.54, 1.807) is 0 Å². The summed E-state index contributed by atoms with van der Waals surface area (Å²) in [5.41, 5.74) is 2.33. The molecule has 0 saturated carbocycles. The summed E-state index contributed by atoms with van der Waals surface area (Å²) in [5, 5.41) is 3.36. The minimum atomic E-state index is -0.0773. The standard InChI is InChI=1S/C16H22N2O/c1-2-13-5-3-4-6-14(13)18-12-9-16(15(18)19)7-10-17-11-8-16/h3-6,17H,2,7-12H2,1H3. The lowest BCUT2D eigenvalue weighted by atomic mass is 9.77. The van der Waals surface area contributed by atoms with E-state index in [1.807, 2.05) is 11.0 Å². The summed E-state index contributed by atoms with van der Waals surface area (Å²) in [6.45, 7) is 5.00. The minimum absolute atomic E-state index is 0.0773. The van der Waals surface area contributed by atoms with Crippen molar-refractivity contribution in [1.29, 1.82) is 0 Å². The second-order valence-electron chi connectivity index (χ2n) is 5.72. The van der Waals surface area contributed by atoms with E-state index in [9.17, 15) is 4.79 Å². The molecule has 2 aliphatic heterocycles. The van der Waals surface area contributed by atoms with Crippen LogP contribution in [-0.4, -0.2) is 25.5 Å². The second-order valence-corrected chi connectivity index (χ2v) is 5.72. The Morgan fingerprint density at radius 1 is 1.21 bits per heavy atom. The van der Waals surface area contributed by atoms with Crippen molar-refractivity contribution < 1.29 is 4.79 Å². The summed E-state index contributed by atoms with van der Waals surface area (Å²) in [6, 6.07) is 8.32. The first-order valence-corrected chi connectivity index (χ1v) is 7.37. The van der Waals surface area contributed by atoms with Crippen molar-refractivity contribution in [3.05, 3.63) is 29.8 Å². The maximum absolute atomic E-state index is 12.8. The van der Waals surface area contributed by atoms with E-state index in [0.29, 0.717) is 5.91 Å². The summed E-state index contributed by atoms with van der Waals surface area (Å²) in [5.74, 6) is 0.356. The number of anilines is 1. The molecule has 1 aromatic carbocycles. The third kappa shape index (κ3) is 2.06. The Hall–Kier alpha value is -1.35. The molecular weight excluding hydrogens is 236 g/mol. The highest BCUT2D eigenvalue weighted by Crippen LogP contribution is 2.42. The number of aryl methyl sites for hydroxylation is 1. The number of para-hydroxylation sites is 1. The van der Waals surface area contributed by atoms with Crippen LogP contribution in [0.15, 0.2) is 24.3 Å². The molecule has 2 saturated heterocycles. The number of rotatable bonds is 2. The van der Waals surface area contributed by atoms with E-state index in [-0.39, 0.29) is 5.41 Å². The van der Waals surface area contributed by atoms with Crippen LogP contribution in [0.4, 0.5) is 5.69 Å². The highest BCUT2D eigenvalue weighted by molar-refractivity contribution is 6.00. The number of benzene rings is 1. The molecule has 0 radical (unpaired) electrons. The molecule has 0 unspecified atom stereocenters. The Kier molecular flexibility index (Phi) is 3.31. The van der Waals surface area contributed by atoms with Crippen molar-refractivity contribution in [2.24, 2.45) is 5.41 Å². The fourth-order valence-electron chi connectivity index (χ4n) is 3.49. The van der Waals surface area contributed by atoms with E-state index in [0.717, 1.165) is 51.0 Å². The number of carbonyl (C=O) groups excluding carboxylic acids is 1. The summed E-state index contributed by atoms with van der Waals surface area (Å²) in [4.78, 5) is 14.9. The number of amides is 1. The van der Waals surface area contributed by atoms with Crippen molar-refractivity contribution in [3.63, 3.8) is 0 Å². The highest BCUT2D eigenvalue weighted by Gasteiger charge is 2.47. The van der Waals surface area contributed by atoms with Gasteiger partial charge in [-0.2, -0.15) is 0 Å². The van der Waals surface area contributed by atoms with Crippen LogP contribution in [0.5, 0.6) is 0 Å². The number of nitrogens with zero attached hydrogens (tertiary/aromatic N) is 1. The Labute approximate surface area is 115 Å². The zero-order valence-corrected chi connectivity index (χ0v) is 11.6. The van der Waals surface area contributed by atoms with Crippen LogP contribution in [0.25, 0.3) is 0 Å². The van der Waals surface area contributed by atoms with Gasteiger partial charge in [-0.1, -0.05) is 25.1 Å². The van der Waals surface area contributed by atoms with Gasteiger partial charge >= 0.3 is 0 Å². The lowest BCUT2D eigenvalue weighted by Crippen LogP contribution is -2.42. The van der Waals surface area contributed by atoms with E-state index >= 15 is 0 Å². The molecule has 1 N–H and O–H groups in total. The van der Waals surface area contributed by atoms with Crippen molar-refractivity contribution in [3.8, 4) is 0 Å². The molecule has 1 spiro atoms. The fraction of sp³-hybridized carbons (Fsp3) is 0.562. The first kappa shape index (κ1) is 12.7. The molecule has 1 amide bonds. The molecule has 2 fully saturated rings. The zero-order valence-electron chi connectivity index (χ0n) is 11.6. The van der Waals surface area contributed by atoms with Crippen molar-refractivity contribution in [2.45, 2.75) is 32.6 Å². The van der Waals surface area contributed by atoms with Gasteiger partial charge < -0.3 is 10.2 Å². The maximum atomic E-state index is 12.8. The van der Waals surface area contributed by atoms with Crippen LogP contribution >= 0.6 is 0 Å². The minimum Gasteiger partial charge on any atom is -0.317 e. The number of nitrogens with one attached hydrogen (secondary N) is 1.